The summed E-state index contributed by atoms with van der Waals surface area (Å²) < 4.78 is 19.3. The van der Waals surface area contributed by atoms with Gasteiger partial charge in [0.2, 0.25) is 5.91 Å². The van der Waals surface area contributed by atoms with E-state index in [4.69, 9.17) is 10.5 Å². The van der Waals surface area contributed by atoms with Crippen LogP contribution in [-0.4, -0.2) is 18.0 Å². The molecule has 1 heterocycles. The Labute approximate surface area is 150 Å². The number of anilines is 1. The number of nitrogens with one attached hydrogen (secondary N) is 1. The highest BCUT2D eigenvalue weighted by Gasteiger charge is 2.09. The van der Waals surface area contributed by atoms with Crippen molar-refractivity contribution >= 4 is 11.6 Å². The van der Waals surface area contributed by atoms with Gasteiger partial charge in [-0.1, -0.05) is 6.07 Å². The number of ether oxygens (including phenoxy) is 1. The van der Waals surface area contributed by atoms with E-state index in [1.807, 2.05) is 12.1 Å². The number of hydrogen-bond donors (Lipinski definition) is 2. The molecule has 3 N–H and O–H groups in total. The third-order valence-electron chi connectivity index (χ3n) is 3.92. The van der Waals surface area contributed by atoms with E-state index < -0.39 is 5.91 Å². The number of rotatable bonds is 6. The summed E-state index contributed by atoms with van der Waals surface area (Å²) in [5.41, 5.74) is 8.62. The molecule has 0 spiro atoms. The van der Waals surface area contributed by atoms with Crippen LogP contribution >= 0.6 is 0 Å². The number of aromatic nitrogens is 1. The van der Waals surface area contributed by atoms with Crippen LogP contribution in [0, 0.1) is 5.82 Å². The smallest absolute Gasteiger partial charge is 0.248 e. The third-order valence-corrected chi connectivity index (χ3v) is 3.92. The number of amides is 1. The molecule has 1 amide bonds. The molecule has 2 aromatic carbocycles. The Morgan fingerprint density at radius 1 is 1.19 bits per heavy atom. The van der Waals surface area contributed by atoms with Gasteiger partial charge in [-0.3, -0.25) is 9.78 Å². The first-order chi connectivity index (χ1) is 12.6. The molecular weight excluding hydrogens is 333 g/mol. The van der Waals surface area contributed by atoms with E-state index in [0.717, 1.165) is 16.7 Å². The molecular formula is C20H18FN3O2. The number of methoxy groups -OCH3 is 1. The normalized spacial score (nSPS) is 10.4. The first kappa shape index (κ1) is 17.4. The second kappa shape index (κ2) is 7.65. The van der Waals surface area contributed by atoms with E-state index in [1.54, 1.807) is 36.7 Å². The lowest BCUT2D eigenvalue weighted by atomic mass is 10.0. The van der Waals surface area contributed by atoms with Crippen molar-refractivity contribution in [3.63, 3.8) is 0 Å². The number of nitrogens with two attached hydrogens (primary N) is 1. The van der Waals surface area contributed by atoms with Crippen LogP contribution in [0.5, 0.6) is 5.75 Å². The van der Waals surface area contributed by atoms with Gasteiger partial charge >= 0.3 is 0 Å². The highest BCUT2D eigenvalue weighted by atomic mass is 19.1. The number of carbonyl (C=O) groups excluding carboxylic acids is 1. The predicted octanol–water partition coefficient (Wildman–Crippen LogP) is 3.61. The average Bonchev–Trinajstić information content (AvgIpc) is 2.66. The fourth-order valence-corrected chi connectivity index (χ4v) is 2.65. The van der Waals surface area contributed by atoms with Crippen molar-refractivity contribution in [3.8, 4) is 16.9 Å². The lowest BCUT2D eigenvalue weighted by Gasteiger charge is -2.13. The van der Waals surface area contributed by atoms with Crippen molar-refractivity contribution in [3.05, 3.63) is 77.9 Å². The van der Waals surface area contributed by atoms with Gasteiger partial charge in [0.1, 0.15) is 11.6 Å². The van der Waals surface area contributed by atoms with Crippen LogP contribution < -0.4 is 15.8 Å². The molecule has 0 radical (unpaired) electrons. The molecule has 0 saturated carbocycles. The summed E-state index contributed by atoms with van der Waals surface area (Å²) >= 11 is 0. The highest BCUT2D eigenvalue weighted by Crippen LogP contribution is 2.27. The van der Waals surface area contributed by atoms with Crippen LogP contribution in [0.15, 0.2) is 60.9 Å². The Balaban J connectivity index is 1.85. The van der Waals surface area contributed by atoms with Crippen molar-refractivity contribution in [2.24, 2.45) is 5.73 Å². The lowest BCUT2D eigenvalue weighted by molar-refractivity contribution is 0.100. The zero-order valence-corrected chi connectivity index (χ0v) is 14.2. The Bertz CT molecular complexity index is 930. The molecule has 0 fully saturated rings. The van der Waals surface area contributed by atoms with Crippen LogP contribution in [0.1, 0.15) is 15.9 Å². The Morgan fingerprint density at radius 3 is 2.73 bits per heavy atom. The number of benzene rings is 2. The first-order valence-corrected chi connectivity index (χ1v) is 7.98. The van der Waals surface area contributed by atoms with Gasteiger partial charge in [-0.2, -0.15) is 0 Å². The van der Waals surface area contributed by atoms with E-state index in [9.17, 15) is 9.18 Å². The standard InChI is InChI=1S/C20H18FN3O2/c1-26-19-5-4-14(20(22)25)10-18(19)24-11-13-7-16(9-17(21)8-13)15-3-2-6-23-12-15/h2-10,12,24H,11H2,1H3,(H2,22,25). The third kappa shape index (κ3) is 3.97. The predicted molar refractivity (Wildman–Crippen MR) is 98.5 cm³/mol. The molecule has 0 aliphatic carbocycles. The summed E-state index contributed by atoms with van der Waals surface area (Å²) in [6.07, 6.45) is 3.36. The van der Waals surface area contributed by atoms with E-state index in [1.165, 1.54) is 19.2 Å². The molecule has 5 nitrogen and oxygen atoms in total. The minimum absolute atomic E-state index is 0.332. The Kier molecular flexibility index (Phi) is 5.12. The van der Waals surface area contributed by atoms with Gasteiger partial charge in [-0.15, -0.1) is 0 Å². The molecule has 0 aliphatic rings. The fourth-order valence-electron chi connectivity index (χ4n) is 2.65. The molecule has 1 aromatic heterocycles. The molecule has 132 valence electrons. The number of primary amides is 1. The van der Waals surface area contributed by atoms with Gasteiger partial charge in [-0.25, -0.2) is 4.39 Å². The summed E-state index contributed by atoms with van der Waals surface area (Å²) in [7, 11) is 1.53. The molecule has 0 saturated heterocycles. The lowest BCUT2D eigenvalue weighted by Crippen LogP contribution is -2.12. The Morgan fingerprint density at radius 2 is 2.04 bits per heavy atom. The maximum Gasteiger partial charge on any atom is 0.248 e. The van der Waals surface area contributed by atoms with Crippen molar-refractivity contribution in [1.29, 1.82) is 0 Å². The second-order valence-corrected chi connectivity index (χ2v) is 5.72. The van der Waals surface area contributed by atoms with Crippen molar-refractivity contribution in [1.82, 2.24) is 4.98 Å². The van der Waals surface area contributed by atoms with Gasteiger partial charge in [0.05, 0.1) is 12.8 Å². The minimum Gasteiger partial charge on any atom is -0.495 e. The topological polar surface area (TPSA) is 77.2 Å². The SMILES string of the molecule is COc1ccc(C(N)=O)cc1NCc1cc(F)cc(-c2cccnc2)c1. The number of hydrogen-bond acceptors (Lipinski definition) is 4. The van der Waals surface area contributed by atoms with Gasteiger partial charge < -0.3 is 15.8 Å². The van der Waals surface area contributed by atoms with Crippen LogP contribution in [0.4, 0.5) is 10.1 Å². The molecule has 3 rings (SSSR count). The summed E-state index contributed by atoms with van der Waals surface area (Å²) in [4.78, 5) is 15.4. The van der Waals surface area contributed by atoms with Crippen molar-refractivity contribution in [2.75, 3.05) is 12.4 Å². The summed E-state index contributed by atoms with van der Waals surface area (Å²) in [5.74, 6) is -0.291. The van der Waals surface area contributed by atoms with Crippen LogP contribution in [0.2, 0.25) is 0 Å². The number of pyridine rings is 1. The van der Waals surface area contributed by atoms with Gasteiger partial charge in [0, 0.05) is 30.1 Å². The van der Waals surface area contributed by atoms with Crippen molar-refractivity contribution in [2.45, 2.75) is 6.54 Å². The first-order valence-electron chi connectivity index (χ1n) is 7.98. The number of halogens is 1. The average molecular weight is 351 g/mol. The van der Waals surface area contributed by atoms with Crippen molar-refractivity contribution < 1.29 is 13.9 Å². The van der Waals surface area contributed by atoms with Crippen LogP contribution in [0.3, 0.4) is 0 Å². The molecule has 26 heavy (non-hydrogen) atoms. The monoisotopic (exact) mass is 351 g/mol. The molecule has 3 aromatic rings. The van der Waals surface area contributed by atoms with E-state index in [2.05, 4.69) is 10.3 Å². The molecule has 0 unspecified atom stereocenters. The fraction of sp³-hybridized carbons (Fsp3) is 0.100. The summed E-state index contributed by atoms with van der Waals surface area (Å²) in [6.45, 7) is 0.351. The van der Waals surface area contributed by atoms with Crippen LogP contribution in [-0.2, 0) is 6.54 Å². The van der Waals surface area contributed by atoms with E-state index in [-0.39, 0.29) is 5.82 Å². The van der Waals surface area contributed by atoms with E-state index in [0.29, 0.717) is 23.5 Å². The van der Waals surface area contributed by atoms with Gasteiger partial charge in [-0.05, 0) is 53.6 Å². The minimum atomic E-state index is -0.527. The molecule has 0 aliphatic heterocycles. The zero-order valence-electron chi connectivity index (χ0n) is 14.2. The Hall–Kier alpha value is -3.41. The summed E-state index contributed by atoms with van der Waals surface area (Å²) in [6, 6.07) is 13.4. The number of carbonyl (C=O) groups is 1. The number of nitrogens with zero attached hydrogens (tertiary/aromatic N) is 1. The largest absolute Gasteiger partial charge is 0.495 e. The molecule has 0 atom stereocenters. The molecule has 6 heteroatoms. The summed E-state index contributed by atoms with van der Waals surface area (Å²) in [5, 5.41) is 3.17. The van der Waals surface area contributed by atoms with Gasteiger partial charge in [0.25, 0.3) is 0 Å². The zero-order chi connectivity index (χ0) is 18.5. The quantitative estimate of drug-likeness (QED) is 0.711. The van der Waals surface area contributed by atoms with Gasteiger partial charge in [0.15, 0.2) is 0 Å². The maximum absolute atomic E-state index is 14.0. The second-order valence-electron chi connectivity index (χ2n) is 5.72. The van der Waals surface area contributed by atoms with E-state index >= 15 is 0 Å². The highest BCUT2D eigenvalue weighted by molar-refractivity contribution is 5.94. The van der Waals surface area contributed by atoms with Crippen LogP contribution in [0.25, 0.3) is 11.1 Å². The molecule has 0 bridgehead atoms. The maximum atomic E-state index is 14.0.